The first-order chi connectivity index (χ1) is 9.93. The number of hydrogen-bond acceptors (Lipinski definition) is 3. The van der Waals surface area contributed by atoms with E-state index in [0.29, 0.717) is 16.4 Å². The van der Waals surface area contributed by atoms with Crippen molar-refractivity contribution >= 4 is 39.2 Å². The van der Waals surface area contributed by atoms with E-state index >= 15 is 0 Å². The lowest BCUT2D eigenvalue weighted by atomic mass is 10.2. The monoisotopic (exact) mass is 372 g/mol. The van der Waals surface area contributed by atoms with E-state index < -0.39 is 0 Å². The van der Waals surface area contributed by atoms with E-state index in [1.807, 2.05) is 13.8 Å². The van der Waals surface area contributed by atoms with Gasteiger partial charge in [-0.05, 0) is 66.6 Å². The van der Waals surface area contributed by atoms with E-state index in [1.165, 1.54) is 0 Å². The zero-order chi connectivity index (χ0) is 15.8. The summed E-state index contributed by atoms with van der Waals surface area (Å²) < 4.78 is 6.35. The van der Waals surface area contributed by atoms with Gasteiger partial charge in [0.15, 0.2) is 5.11 Å². The largest absolute Gasteiger partial charge is 0.490 e. The van der Waals surface area contributed by atoms with Crippen LogP contribution in [0.1, 0.15) is 44.0 Å². The number of thiocarbonyl (C=S) groups is 1. The van der Waals surface area contributed by atoms with Gasteiger partial charge in [0.05, 0.1) is 10.6 Å². The third kappa shape index (κ3) is 6.44. The van der Waals surface area contributed by atoms with Gasteiger partial charge in [-0.25, -0.2) is 0 Å². The van der Waals surface area contributed by atoms with Gasteiger partial charge in [-0.1, -0.05) is 13.3 Å². The number of hydrogen-bond donors (Lipinski definition) is 2. The van der Waals surface area contributed by atoms with Crippen LogP contribution in [-0.4, -0.2) is 23.7 Å². The van der Waals surface area contributed by atoms with Crippen molar-refractivity contribution in [1.29, 1.82) is 0 Å². The molecule has 0 bridgehead atoms. The van der Waals surface area contributed by atoms with Gasteiger partial charge in [0.2, 0.25) is 0 Å². The average molecular weight is 373 g/mol. The summed E-state index contributed by atoms with van der Waals surface area (Å²) in [6.07, 6.45) is 2.17. The molecule has 116 valence electrons. The molecule has 0 spiro atoms. The highest BCUT2D eigenvalue weighted by Crippen LogP contribution is 2.26. The number of halogens is 1. The standard InChI is InChI=1S/C15H21BrN2O2S/c1-4-5-8-17-15(21)18-14(19)11-6-7-13(12(16)9-11)20-10(2)3/h6-7,9-10H,4-5,8H2,1-3H3,(H2,17,18,19,21). The smallest absolute Gasteiger partial charge is 0.257 e. The lowest BCUT2D eigenvalue weighted by Gasteiger charge is -2.13. The van der Waals surface area contributed by atoms with Gasteiger partial charge in [0.1, 0.15) is 5.75 Å². The fraction of sp³-hybridized carbons (Fsp3) is 0.467. The number of rotatable bonds is 6. The van der Waals surface area contributed by atoms with Crippen LogP contribution < -0.4 is 15.4 Å². The van der Waals surface area contributed by atoms with Crippen molar-refractivity contribution in [1.82, 2.24) is 10.6 Å². The van der Waals surface area contributed by atoms with Crippen LogP contribution in [0.5, 0.6) is 5.75 Å². The van der Waals surface area contributed by atoms with Gasteiger partial charge in [-0.2, -0.15) is 0 Å². The van der Waals surface area contributed by atoms with Crippen LogP contribution in [0.25, 0.3) is 0 Å². The molecular weight excluding hydrogens is 352 g/mol. The van der Waals surface area contributed by atoms with Crippen molar-refractivity contribution in [2.24, 2.45) is 0 Å². The highest BCUT2D eigenvalue weighted by molar-refractivity contribution is 9.10. The molecule has 0 saturated carbocycles. The maximum Gasteiger partial charge on any atom is 0.257 e. The molecule has 4 nitrogen and oxygen atoms in total. The Morgan fingerprint density at radius 2 is 2.14 bits per heavy atom. The zero-order valence-corrected chi connectivity index (χ0v) is 14.9. The Morgan fingerprint density at radius 3 is 2.71 bits per heavy atom. The van der Waals surface area contributed by atoms with E-state index in [4.69, 9.17) is 17.0 Å². The van der Waals surface area contributed by atoms with Crippen molar-refractivity contribution in [2.75, 3.05) is 6.54 Å². The number of benzene rings is 1. The molecule has 0 radical (unpaired) electrons. The van der Waals surface area contributed by atoms with Crippen LogP contribution in [0.3, 0.4) is 0 Å². The minimum atomic E-state index is -0.235. The molecule has 0 saturated heterocycles. The van der Waals surface area contributed by atoms with Crippen molar-refractivity contribution in [3.8, 4) is 5.75 Å². The highest BCUT2D eigenvalue weighted by Gasteiger charge is 2.11. The van der Waals surface area contributed by atoms with Gasteiger partial charge >= 0.3 is 0 Å². The number of carbonyl (C=O) groups excluding carboxylic acids is 1. The lowest BCUT2D eigenvalue weighted by molar-refractivity contribution is 0.0976. The second-order valence-electron chi connectivity index (χ2n) is 4.88. The second kappa shape index (κ2) is 9.00. The predicted octanol–water partition coefficient (Wildman–Crippen LogP) is 3.64. The average Bonchev–Trinajstić information content (AvgIpc) is 2.40. The first kappa shape index (κ1) is 17.9. The molecule has 0 aromatic heterocycles. The quantitative estimate of drug-likeness (QED) is 0.591. The fourth-order valence-corrected chi connectivity index (χ4v) is 2.26. The molecule has 0 aliphatic carbocycles. The number of carbonyl (C=O) groups is 1. The fourth-order valence-electron chi connectivity index (χ4n) is 1.59. The van der Waals surface area contributed by atoms with E-state index in [-0.39, 0.29) is 12.0 Å². The molecule has 2 N–H and O–H groups in total. The van der Waals surface area contributed by atoms with Crippen LogP contribution in [-0.2, 0) is 0 Å². The van der Waals surface area contributed by atoms with Gasteiger partial charge in [-0.15, -0.1) is 0 Å². The molecule has 1 amide bonds. The molecular formula is C15H21BrN2O2S. The van der Waals surface area contributed by atoms with Crippen LogP contribution in [0.2, 0.25) is 0 Å². The molecule has 0 aliphatic rings. The van der Waals surface area contributed by atoms with Gasteiger partial charge in [0, 0.05) is 12.1 Å². The summed E-state index contributed by atoms with van der Waals surface area (Å²) in [5, 5.41) is 6.02. The first-order valence-corrected chi connectivity index (χ1v) is 8.19. The van der Waals surface area contributed by atoms with Crippen LogP contribution >= 0.6 is 28.1 Å². The minimum absolute atomic E-state index is 0.0799. The molecule has 0 atom stereocenters. The summed E-state index contributed by atoms with van der Waals surface area (Å²) in [6, 6.07) is 5.21. The summed E-state index contributed by atoms with van der Waals surface area (Å²) in [4.78, 5) is 12.1. The van der Waals surface area contributed by atoms with Gasteiger partial charge < -0.3 is 10.1 Å². The Balaban J connectivity index is 2.62. The van der Waals surface area contributed by atoms with Crippen molar-refractivity contribution in [2.45, 2.75) is 39.7 Å². The maximum absolute atomic E-state index is 12.1. The normalized spacial score (nSPS) is 10.3. The summed E-state index contributed by atoms with van der Waals surface area (Å²) in [5.74, 6) is 0.478. The van der Waals surface area contributed by atoms with E-state index in [0.717, 1.165) is 23.9 Å². The minimum Gasteiger partial charge on any atom is -0.490 e. The summed E-state index contributed by atoms with van der Waals surface area (Å²) in [6.45, 7) is 6.77. The van der Waals surface area contributed by atoms with Crippen molar-refractivity contribution < 1.29 is 9.53 Å². The third-order valence-corrected chi connectivity index (χ3v) is 3.47. The maximum atomic E-state index is 12.1. The Morgan fingerprint density at radius 1 is 1.43 bits per heavy atom. The predicted molar refractivity (Wildman–Crippen MR) is 92.9 cm³/mol. The number of ether oxygens (including phenoxy) is 1. The number of unbranched alkanes of at least 4 members (excludes halogenated alkanes) is 1. The molecule has 1 aromatic carbocycles. The van der Waals surface area contributed by atoms with Crippen LogP contribution in [0, 0.1) is 0 Å². The molecule has 0 heterocycles. The van der Waals surface area contributed by atoms with Gasteiger partial charge in [-0.3, -0.25) is 10.1 Å². The van der Waals surface area contributed by atoms with E-state index in [1.54, 1.807) is 18.2 Å². The van der Waals surface area contributed by atoms with Crippen LogP contribution in [0.4, 0.5) is 0 Å². The molecule has 0 unspecified atom stereocenters. The summed E-state index contributed by atoms with van der Waals surface area (Å²) in [5.41, 5.74) is 0.526. The SMILES string of the molecule is CCCCNC(=S)NC(=O)c1ccc(OC(C)C)c(Br)c1. The van der Waals surface area contributed by atoms with Gasteiger partial charge in [0.25, 0.3) is 5.91 Å². The topological polar surface area (TPSA) is 50.4 Å². The lowest BCUT2D eigenvalue weighted by Crippen LogP contribution is -2.39. The first-order valence-electron chi connectivity index (χ1n) is 6.99. The Hall–Kier alpha value is -1.14. The van der Waals surface area contributed by atoms with Crippen molar-refractivity contribution in [3.63, 3.8) is 0 Å². The van der Waals surface area contributed by atoms with Crippen LogP contribution in [0.15, 0.2) is 22.7 Å². The molecule has 21 heavy (non-hydrogen) atoms. The Labute approximate surface area is 139 Å². The third-order valence-electron chi connectivity index (χ3n) is 2.60. The molecule has 1 rings (SSSR count). The molecule has 1 aromatic rings. The number of nitrogens with one attached hydrogen (secondary N) is 2. The molecule has 6 heteroatoms. The van der Waals surface area contributed by atoms with E-state index in [2.05, 4.69) is 33.5 Å². The number of amides is 1. The van der Waals surface area contributed by atoms with E-state index in [9.17, 15) is 4.79 Å². The Kier molecular flexibility index (Phi) is 7.67. The van der Waals surface area contributed by atoms with Crippen molar-refractivity contribution in [3.05, 3.63) is 28.2 Å². The molecule has 0 aliphatic heterocycles. The second-order valence-corrected chi connectivity index (χ2v) is 6.14. The molecule has 0 fully saturated rings. The summed E-state index contributed by atoms with van der Waals surface area (Å²) in [7, 11) is 0. The zero-order valence-electron chi connectivity index (χ0n) is 12.5. The summed E-state index contributed by atoms with van der Waals surface area (Å²) >= 11 is 8.49. The highest BCUT2D eigenvalue weighted by atomic mass is 79.9. The Bertz CT molecular complexity index is 506.